The number of benzene rings is 1. The third-order valence-electron chi connectivity index (χ3n) is 8.38. The third kappa shape index (κ3) is 22.3. The minimum atomic E-state index is -1.00. The average molecular weight is 834 g/mol. The molecule has 1 aliphatic heterocycles. The quantitative estimate of drug-likeness (QED) is 0.0328. The van der Waals surface area contributed by atoms with Crippen LogP contribution < -0.4 is 32.3 Å². The molecule has 1 aliphatic rings. The second-order valence-corrected chi connectivity index (χ2v) is 13.6. The Bertz CT molecular complexity index is 1540. The number of hydrogen-bond acceptors (Lipinski definition) is 13. The number of ether oxygens (including phenoxy) is 5. The normalized spacial score (nSPS) is 13.2. The summed E-state index contributed by atoms with van der Waals surface area (Å²) in [4.78, 5) is 97.5. The lowest BCUT2D eigenvalue weighted by atomic mass is 10.0. The number of anilines is 1. The van der Waals surface area contributed by atoms with Crippen LogP contribution in [-0.4, -0.2) is 137 Å². The summed E-state index contributed by atoms with van der Waals surface area (Å²) < 4.78 is 26.8. The number of imide groups is 1. The Kier molecular flexibility index (Phi) is 24.3. The van der Waals surface area contributed by atoms with Gasteiger partial charge in [0, 0.05) is 57.2 Å². The maximum atomic E-state index is 13.4. The molecule has 0 spiro atoms. The predicted octanol–water partition coefficient (Wildman–Crippen LogP) is 0.0402. The zero-order valence-electron chi connectivity index (χ0n) is 34.0. The highest BCUT2D eigenvalue weighted by Gasteiger charge is 2.29. The highest BCUT2D eigenvalue weighted by atomic mass is 16.6. The van der Waals surface area contributed by atoms with Crippen molar-refractivity contribution in [1.82, 2.24) is 26.2 Å². The molecule has 59 heavy (non-hydrogen) atoms. The van der Waals surface area contributed by atoms with E-state index in [-0.39, 0.29) is 82.4 Å². The monoisotopic (exact) mass is 833 g/mol. The number of primary amides is 1. The van der Waals surface area contributed by atoms with Crippen LogP contribution in [0.3, 0.4) is 0 Å². The van der Waals surface area contributed by atoms with Crippen LogP contribution in [0.4, 0.5) is 10.5 Å². The van der Waals surface area contributed by atoms with E-state index in [4.69, 9.17) is 29.4 Å². The molecule has 0 radical (unpaired) electrons. The molecule has 20 nitrogen and oxygen atoms in total. The van der Waals surface area contributed by atoms with Crippen molar-refractivity contribution in [3.05, 3.63) is 42.0 Å². The molecule has 2 atom stereocenters. The minimum Gasteiger partial charge on any atom is -0.461 e. The first-order valence-electron chi connectivity index (χ1n) is 19.5. The first kappa shape index (κ1) is 49.7. The van der Waals surface area contributed by atoms with Crippen molar-refractivity contribution < 1.29 is 62.0 Å². The van der Waals surface area contributed by atoms with Crippen molar-refractivity contribution in [2.24, 2.45) is 11.7 Å². The Hall–Kier alpha value is -5.44. The molecule has 0 aromatic heterocycles. The average Bonchev–Trinajstić information content (AvgIpc) is 3.51. The van der Waals surface area contributed by atoms with E-state index in [0.29, 0.717) is 58.1 Å². The highest BCUT2D eigenvalue weighted by molar-refractivity contribution is 6.12. The Balaban J connectivity index is 1.59. The zero-order valence-corrected chi connectivity index (χ0v) is 34.0. The lowest BCUT2D eigenvalue weighted by molar-refractivity contribution is -0.142. The summed E-state index contributed by atoms with van der Waals surface area (Å²) in [5.74, 6) is -3.14. The number of carbonyl (C=O) groups excluding carboxylic acids is 8. The Morgan fingerprint density at radius 3 is 1.86 bits per heavy atom. The van der Waals surface area contributed by atoms with Crippen LogP contribution in [-0.2, 0) is 63.9 Å². The van der Waals surface area contributed by atoms with Crippen molar-refractivity contribution in [1.29, 1.82) is 0 Å². The molecule has 1 heterocycles. The summed E-state index contributed by atoms with van der Waals surface area (Å²) in [6.07, 6.45) is 3.46. The van der Waals surface area contributed by atoms with E-state index in [1.54, 1.807) is 38.1 Å². The lowest BCUT2D eigenvalue weighted by Crippen LogP contribution is -2.54. The molecular weight excluding hydrogens is 774 g/mol. The van der Waals surface area contributed by atoms with Gasteiger partial charge in [-0.05, 0) is 42.9 Å². The van der Waals surface area contributed by atoms with Gasteiger partial charge in [-0.1, -0.05) is 26.0 Å². The fourth-order valence-electron chi connectivity index (χ4n) is 5.25. The van der Waals surface area contributed by atoms with Gasteiger partial charge in [0.15, 0.2) is 0 Å². The fourth-order valence-corrected chi connectivity index (χ4v) is 5.25. The van der Waals surface area contributed by atoms with Gasteiger partial charge in [0.1, 0.15) is 18.7 Å². The molecule has 328 valence electrons. The maximum Gasteiger partial charge on any atom is 0.312 e. The van der Waals surface area contributed by atoms with Crippen molar-refractivity contribution in [3.8, 4) is 0 Å². The van der Waals surface area contributed by atoms with Crippen LogP contribution in [0.1, 0.15) is 58.4 Å². The molecule has 0 fully saturated rings. The Morgan fingerprint density at radius 2 is 1.29 bits per heavy atom. The van der Waals surface area contributed by atoms with Gasteiger partial charge in [0.25, 0.3) is 11.8 Å². The summed E-state index contributed by atoms with van der Waals surface area (Å²) in [5, 5.41) is 13.4. The van der Waals surface area contributed by atoms with Crippen LogP contribution in [0.2, 0.25) is 0 Å². The van der Waals surface area contributed by atoms with E-state index >= 15 is 0 Å². The molecule has 0 unspecified atom stereocenters. The van der Waals surface area contributed by atoms with Crippen LogP contribution in [0.25, 0.3) is 0 Å². The van der Waals surface area contributed by atoms with Crippen molar-refractivity contribution in [2.45, 2.75) is 71.6 Å². The van der Waals surface area contributed by atoms with Gasteiger partial charge in [-0.15, -0.1) is 0 Å². The molecule has 20 heteroatoms. The largest absolute Gasteiger partial charge is 0.461 e. The van der Waals surface area contributed by atoms with Gasteiger partial charge < -0.3 is 56.0 Å². The summed E-state index contributed by atoms with van der Waals surface area (Å²) in [7, 11) is 0. The smallest absolute Gasteiger partial charge is 0.312 e. The molecule has 0 bridgehead atoms. The van der Waals surface area contributed by atoms with Crippen molar-refractivity contribution in [2.75, 3.05) is 77.8 Å². The van der Waals surface area contributed by atoms with E-state index in [9.17, 15) is 38.4 Å². The molecule has 0 aliphatic carbocycles. The van der Waals surface area contributed by atoms with E-state index in [1.807, 2.05) is 0 Å². The molecule has 2 rings (SSSR count). The topological polar surface area (TPSA) is 272 Å². The number of nitrogens with one attached hydrogen (secondary N) is 5. The molecule has 1 aromatic carbocycles. The first-order valence-corrected chi connectivity index (χ1v) is 19.5. The number of rotatable bonds is 31. The van der Waals surface area contributed by atoms with Gasteiger partial charge in [-0.25, -0.2) is 4.79 Å². The van der Waals surface area contributed by atoms with E-state index < -0.39 is 41.8 Å². The number of carbonyl (C=O) groups is 8. The second kappa shape index (κ2) is 28.9. The molecule has 0 saturated carbocycles. The summed E-state index contributed by atoms with van der Waals surface area (Å²) in [6.45, 7) is 7.83. The summed E-state index contributed by atoms with van der Waals surface area (Å²) in [5.41, 5.74) is 6.31. The second-order valence-electron chi connectivity index (χ2n) is 13.6. The predicted molar refractivity (Wildman–Crippen MR) is 212 cm³/mol. The number of nitrogens with two attached hydrogens (primary N) is 1. The van der Waals surface area contributed by atoms with Crippen LogP contribution in [0.5, 0.6) is 0 Å². The Labute approximate surface area is 343 Å². The SMILES string of the molecule is CC(=O)OCc1ccc(NC(=O)[C@H](CCCNC(N)=O)NC(=O)[C@@H](NC(=O)CCOCCOCCOCCOCCNC(=O)CCCN2C(=O)C=CC2=O)C(C)C)cc1. The molecular formula is C39H59N7O13. The van der Waals surface area contributed by atoms with Gasteiger partial charge >= 0.3 is 12.0 Å². The first-order chi connectivity index (χ1) is 28.3. The summed E-state index contributed by atoms with van der Waals surface area (Å²) in [6, 6.07) is 3.98. The molecule has 1 aromatic rings. The molecule has 0 saturated heterocycles. The Morgan fingerprint density at radius 1 is 0.695 bits per heavy atom. The van der Waals surface area contributed by atoms with E-state index in [1.165, 1.54) is 19.1 Å². The number of urea groups is 1. The highest BCUT2D eigenvalue weighted by Crippen LogP contribution is 2.13. The number of amides is 8. The standard InChI is InChI=1S/C39H59N7O13/c1-27(2)36(38(53)44-31(6-4-15-42-39(40)54)37(52)43-30-10-8-29(9-11-30)26-59-28(3)47)45-33(49)14-18-55-20-22-57-24-25-58-23-21-56-19-16-41-32(48)7-5-17-46-34(50)12-13-35(46)51/h8-13,27,31,36H,4-7,14-26H2,1-3H3,(H,41,48)(H,43,52)(H,44,53)(H,45,49)(H3,40,42,54)/t31-,36-/m0/s1. The van der Waals surface area contributed by atoms with Gasteiger partial charge in [0.05, 0.1) is 52.9 Å². The van der Waals surface area contributed by atoms with E-state index in [0.717, 1.165) is 10.5 Å². The van der Waals surface area contributed by atoms with Crippen LogP contribution in [0.15, 0.2) is 36.4 Å². The lowest BCUT2D eigenvalue weighted by Gasteiger charge is -2.25. The van der Waals surface area contributed by atoms with Gasteiger partial charge in [-0.2, -0.15) is 0 Å². The van der Waals surface area contributed by atoms with Crippen LogP contribution in [0, 0.1) is 5.92 Å². The molecule has 7 N–H and O–H groups in total. The number of hydrogen-bond donors (Lipinski definition) is 6. The minimum absolute atomic E-state index is 0.0135. The maximum absolute atomic E-state index is 13.4. The molecule has 8 amide bonds. The van der Waals surface area contributed by atoms with E-state index in [2.05, 4.69) is 26.6 Å². The van der Waals surface area contributed by atoms with Gasteiger partial charge in [-0.3, -0.25) is 38.5 Å². The fraction of sp³-hybridized carbons (Fsp3) is 0.590. The number of nitrogens with zero attached hydrogens (tertiary/aromatic N) is 1. The van der Waals surface area contributed by atoms with Crippen LogP contribution >= 0.6 is 0 Å². The van der Waals surface area contributed by atoms with Crippen molar-refractivity contribution >= 4 is 53.1 Å². The summed E-state index contributed by atoms with van der Waals surface area (Å²) >= 11 is 0. The third-order valence-corrected chi connectivity index (χ3v) is 8.38. The van der Waals surface area contributed by atoms with Gasteiger partial charge in [0.2, 0.25) is 23.6 Å². The van der Waals surface area contributed by atoms with Crippen molar-refractivity contribution in [3.63, 3.8) is 0 Å². The zero-order chi connectivity index (χ0) is 43.4. The number of esters is 1.